The van der Waals surface area contributed by atoms with Gasteiger partial charge in [0.2, 0.25) is 0 Å². The molecule has 3 heterocycles. The molecule has 0 amide bonds. The van der Waals surface area contributed by atoms with Crippen LogP contribution < -0.4 is 9.80 Å². The predicted molar refractivity (Wildman–Crippen MR) is 390 cm³/mol. The third-order valence-corrected chi connectivity index (χ3v) is 22.7. The van der Waals surface area contributed by atoms with Gasteiger partial charge in [-0.1, -0.05) is 126 Å². The minimum absolute atomic E-state index is 0.0386. The van der Waals surface area contributed by atoms with E-state index in [1.807, 2.05) is 24.3 Å². The van der Waals surface area contributed by atoms with Crippen LogP contribution in [0.15, 0.2) is 247 Å². The summed E-state index contributed by atoms with van der Waals surface area (Å²) in [6, 6.07) is 86.1. The fourth-order valence-corrected chi connectivity index (χ4v) is 18.6. The molecule has 464 valence electrons. The topological polar surface area (TPSA) is 29.5 Å². The molecule has 20 rings (SSSR count). The number of rotatable bonds is 8. The maximum absolute atomic E-state index is 15.1. The summed E-state index contributed by atoms with van der Waals surface area (Å²) in [6.45, 7) is 13.6. The van der Waals surface area contributed by atoms with Crippen molar-refractivity contribution in [2.75, 3.05) is 9.80 Å². The van der Waals surface area contributed by atoms with Crippen molar-refractivity contribution in [3.63, 3.8) is 0 Å². The van der Waals surface area contributed by atoms with E-state index in [1.54, 1.807) is 24.3 Å². The van der Waals surface area contributed by atoms with Gasteiger partial charge in [-0.15, -0.1) is 0 Å². The second-order valence-corrected chi connectivity index (χ2v) is 30.0. The van der Waals surface area contributed by atoms with Crippen LogP contribution >= 0.6 is 0 Å². The van der Waals surface area contributed by atoms with Crippen molar-refractivity contribution in [1.29, 1.82) is 0 Å². The van der Waals surface area contributed by atoms with Gasteiger partial charge in [0, 0.05) is 94.9 Å². The summed E-state index contributed by atoms with van der Waals surface area (Å²) in [5.41, 5.74) is 22.0. The Kier molecular flexibility index (Phi) is 12.1. The predicted octanol–water partition coefficient (Wildman–Crippen LogP) is 24.5. The second-order valence-electron chi connectivity index (χ2n) is 30.0. The summed E-state index contributed by atoms with van der Waals surface area (Å²) in [5.74, 6) is 1.79. The summed E-state index contributed by atoms with van der Waals surface area (Å²) >= 11 is 0. The van der Waals surface area contributed by atoms with E-state index in [0.29, 0.717) is 11.8 Å². The van der Waals surface area contributed by atoms with Crippen molar-refractivity contribution in [2.24, 2.45) is 23.7 Å². The molecule has 4 bridgehead atoms. The number of aromatic nitrogens is 2. The standard InChI is InChI=1S/C88H72F2N4O/c1-86(2,3)55-17-26-63(27-18-55)93-78-13-9-7-11-69(78)76-49-66(35-41-80(76)93)91(61-30-21-59(89)22-31-61)65-25-15-54-16-37-72-73-39-40-74-71-38-34-68(51-82(71)95-85(74)84(73)88(83(72)75(54)48-65)57-44-52-43-53(46-57)47-58(88)45-52)92(62-32-23-60(90)24-33-62)67-36-42-81-77(50-67)70-12-8-10-14-79(70)94(81)64-28-19-56(20-29-64)87(4,5)6/h7-42,48-53,57-58H,43-47H2,1-6H3. The van der Waals surface area contributed by atoms with E-state index in [0.717, 1.165) is 117 Å². The van der Waals surface area contributed by atoms with Crippen LogP contribution in [-0.2, 0) is 16.2 Å². The number of anilines is 6. The maximum Gasteiger partial charge on any atom is 0.140 e. The molecule has 5 aliphatic carbocycles. The van der Waals surface area contributed by atoms with E-state index in [9.17, 15) is 4.39 Å². The third kappa shape index (κ3) is 8.43. The molecule has 12 aromatic carbocycles. The van der Waals surface area contributed by atoms with E-state index in [2.05, 4.69) is 255 Å². The zero-order valence-electron chi connectivity index (χ0n) is 54.4. The minimum atomic E-state index is -0.289. The summed E-state index contributed by atoms with van der Waals surface area (Å²) in [7, 11) is 0. The van der Waals surface area contributed by atoms with Gasteiger partial charge in [-0.25, -0.2) is 8.78 Å². The number of para-hydroxylation sites is 2. The van der Waals surface area contributed by atoms with Crippen LogP contribution in [0.5, 0.6) is 0 Å². The molecule has 5 nitrogen and oxygen atoms in total. The number of furan rings is 1. The largest absolute Gasteiger partial charge is 0.456 e. The van der Waals surface area contributed by atoms with Gasteiger partial charge in [0.1, 0.15) is 22.8 Å². The molecule has 0 unspecified atom stereocenters. The molecular weight excluding hydrogens is 1170 g/mol. The number of benzene rings is 12. The molecule has 1 spiro atoms. The summed E-state index contributed by atoms with van der Waals surface area (Å²) in [6.07, 6.45) is 6.16. The molecule has 4 fully saturated rings. The SMILES string of the molecule is CC(C)(C)c1ccc(-n2c3ccccc3c3cc(N(c4ccc(F)cc4)c4ccc5c(c4)oc4c6c(ccc45)-c4ccc5ccc(N(c7ccc(F)cc7)c7ccc8c(c7)c7ccccc7n8-c7ccc(C(C)(C)C)cc7)cc5c4C64C5CC6CC(C5)CC4C6)ccc32)cc1. The van der Waals surface area contributed by atoms with Gasteiger partial charge in [-0.05, 0) is 257 Å². The highest BCUT2D eigenvalue weighted by molar-refractivity contribution is 6.14. The summed E-state index contributed by atoms with van der Waals surface area (Å²) in [5, 5.41) is 9.33. The fourth-order valence-electron chi connectivity index (χ4n) is 18.6. The Morgan fingerprint density at radius 2 is 0.779 bits per heavy atom. The highest BCUT2D eigenvalue weighted by Crippen LogP contribution is 2.71. The fraction of sp³-hybridized carbons (Fsp3) is 0.205. The van der Waals surface area contributed by atoms with Crippen molar-refractivity contribution in [3.8, 4) is 22.5 Å². The van der Waals surface area contributed by atoms with Crippen LogP contribution in [0.25, 0.3) is 98.8 Å². The van der Waals surface area contributed by atoms with E-state index < -0.39 is 0 Å². The van der Waals surface area contributed by atoms with Crippen molar-refractivity contribution in [3.05, 3.63) is 277 Å². The van der Waals surface area contributed by atoms with E-state index in [-0.39, 0.29) is 27.9 Å². The number of hydrogen-bond donors (Lipinski definition) is 0. The number of fused-ring (bicyclic) bond motifs is 15. The first-order chi connectivity index (χ1) is 46.1. The molecule has 0 radical (unpaired) electrons. The molecule has 0 aliphatic heterocycles. The Hall–Kier alpha value is -10.2. The Morgan fingerprint density at radius 3 is 1.29 bits per heavy atom. The summed E-state index contributed by atoms with van der Waals surface area (Å²) < 4.78 is 42.5. The van der Waals surface area contributed by atoms with Crippen LogP contribution in [0.3, 0.4) is 0 Å². The van der Waals surface area contributed by atoms with Crippen molar-refractivity contribution in [2.45, 2.75) is 89.9 Å². The van der Waals surface area contributed by atoms with Crippen LogP contribution in [0.2, 0.25) is 0 Å². The van der Waals surface area contributed by atoms with Crippen LogP contribution in [0.4, 0.5) is 42.9 Å². The molecule has 0 saturated heterocycles. The zero-order valence-corrected chi connectivity index (χ0v) is 54.4. The quantitative estimate of drug-likeness (QED) is 0.152. The highest BCUT2D eigenvalue weighted by Gasteiger charge is 2.63. The Bertz CT molecular complexity index is 5630. The smallest absolute Gasteiger partial charge is 0.140 e. The van der Waals surface area contributed by atoms with Gasteiger partial charge in [0.25, 0.3) is 0 Å². The van der Waals surface area contributed by atoms with Crippen LogP contribution in [0.1, 0.15) is 95.9 Å². The van der Waals surface area contributed by atoms with E-state index >= 15 is 4.39 Å². The lowest BCUT2D eigenvalue weighted by atomic mass is 9.43. The van der Waals surface area contributed by atoms with Gasteiger partial charge >= 0.3 is 0 Å². The lowest BCUT2D eigenvalue weighted by Crippen LogP contribution is -2.55. The monoisotopic (exact) mass is 1240 g/mol. The van der Waals surface area contributed by atoms with Gasteiger partial charge in [0.05, 0.1) is 22.1 Å². The third-order valence-electron chi connectivity index (χ3n) is 22.7. The lowest BCUT2D eigenvalue weighted by molar-refractivity contribution is -0.0391. The minimum Gasteiger partial charge on any atom is -0.456 e. The van der Waals surface area contributed by atoms with Crippen molar-refractivity contribution in [1.82, 2.24) is 9.13 Å². The van der Waals surface area contributed by atoms with E-state index in [1.165, 1.54) is 81.6 Å². The molecule has 95 heavy (non-hydrogen) atoms. The maximum atomic E-state index is 15.1. The Morgan fingerprint density at radius 1 is 0.368 bits per heavy atom. The molecule has 3 aromatic heterocycles. The molecule has 0 atom stereocenters. The Labute approximate surface area is 552 Å². The normalized spacial score (nSPS) is 19.0. The molecular formula is C88H72F2N4O. The molecule has 15 aromatic rings. The van der Waals surface area contributed by atoms with Gasteiger partial charge in [-0.2, -0.15) is 0 Å². The van der Waals surface area contributed by atoms with Crippen LogP contribution in [0, 0.1) is 35.3 Å². The molecule has 5 aliphatic rings. The highest BCUT2D eigenvalue weighted by atomic mass is 19.1. The summed E-state index contributed by atoms with van der Waals surface area (Å²) in [4.78, 5) is 4.58. The average Bonchev–Trinajstić information content (AvgIpc) is 1.53. The first kappa shape index (κ1) is 56.3. The first-order valence-electron chi connectivity index (χ1n) is 34.1. The van der Waals surface area contributed by atoms with Gasteiger partial charge < -0.3 is 23.4 Å². The van der Waals surface area contributed by atoms with Crippen LogP contribution in [-0.4, -0.2) is 9.13 Å². The van der Waals surface area contributed by atoms with E-state index in [4.69, 9.17) is 4.42 Å². The Balaban J connectivity index is 0.770. The average molecular weight is 1240 g/mol. The van der Waals surface area contributed by atoms with Gasteiger partial charge in [0.15, 0.2) is 0 Å². The zero-order chi connectivity index (χ0) is 64.0. The number of nitrogens with zero attached hydrogens (tertiary/aromatic N) is 4. The van der Waals surface area contributed by atoms with Crippen molar-refractivity contribution < 1.29 is 13.2 Å². The molecule has 0 N–H and O–H groups in total. The first-order valence-corrected chi connectivity index (χ1v) is 34.1. The molecule has 7 heteroatoms. The van der Waals surface area contributed by atoms with Gasteiger partial charge in [-0.3, -0.25) is 0 Å². The number of hydrogen-bond acceptors (Lipinski definition) is 3. The lowest BCUT2D eigenvalue weighted by Gasteiger charge is -2.61. The number of halogens is 2. The second kappa shape index (κ2) is 20.4. The van der Waals surface area contributed by atoms with Crippen molar-refractivity contribution >= 4 is 110 Å². The molecule has 4 saturated carbocycles.